The van der Waals surface area contributed by atoms with Crippen LogP contribution < -0.4 is 5.32 Å². The van der Waals surface area contributed by atoms with E-state index in [2.05, 4.69) is 30.5 Å². The van der Waals surface area contributed by atoms with Crippen LogP contribution in [0.1, 0.15) is 19.4 Å². The molecule has 0 saturated carbocycles. The molecule has 0 aliphatic rings. The Hall–Kier alpha value is -4.71. The van der Waals surface area contributed by atoms with Crippen molar-refractivity contribution in [2.75, 3.05) is 17.3 Å². The third-order valence-electron chi connectivity index (χ3n) is 6.77. The maximum absolute atomic E-state index is 15.2. The summed E-state index contributed by atoms with van der Waals surface area (Å²) in [7, 11) is -3.22. The van der Waals surface area contributed by atoms with Gasteiger partial charge in [-0.3, -0.25) is 15.1 Å². The van der Waals surface area contributed by atoms with E-state index in [1.807, 2.05) is 26.0 Å². The van der Waals surface area contributed by atoms with Crippen LogP contribution in [0, 0.1) is 11.6 Å². The zero-order chi connectivity index (χ0) is 29.6. The largest absolute Gasteiger partial charge is 0.382 e. The van der Waals surface area contributed by atoms with Crippen LogP contribution in [0.2, 0.25) is 0 Å². The SMILES string of the molecule is CC(C)Nc1cncc(-c2cc(F)c3n[nH]c(-c4nc5c(-c6cc(F)cc(CCS(C)(=O)=O)c6)nccc5[nH]4)c3c2)c1. The van der Waals surface area contributed by atoms with E-state index in [0.29, 0.717) is 50.3 Å². The molecule has 0 fully saturated rings. The fourth-order valence-corrected chi connectivity index (χ4v) is 5.54. The average Bonchev–Trinajstić information content (AvgIpc) is 3.55. The minimum atomic E-state index is -3.22. The molecule has 0 atom stereocenters. The second-order valence-corrected chi connectivity index (χ2v) is 12.8. The van der Waals surface area contributed by atoms with E-state index < -0.39 is 21.5 Å². The Morgan fingerprint density at radius 3 is 2.60 bits per heavy atom. The van der Waals surface area contributed by atoms with Gasteiger partial charge in [-0.05, 0) is 73.9 Å². The zero-order valence-electron chi connectivity index (χ0n) is 23.0. The van der Waals surface area contributed by atoms with Crippen molar-refractivity contribution in [2.45, 2.75) is 26.3 Å². The molecule has 0 aliphatic heterocycles. The van der Waals surface area contributed by atoms with E-state index in [4.69, 9.17) is 4.98 Å². The summed E-state index contributed by atoms with van der Waals surface area (Å²) in [5.74, 6) is -0.692. The number of hydrogen-bond acceptors (Lipinski definition) is 7. The number of nitrogens with zero attached hydrogens (tertiary/aromatic N) is 4. The van der Waals surface area contributed by atoms with Crippen molar-refractivity contribution in [2.24, 2.45) is 0 Å². The predicted octanol–water partition coefficient (Wildman–Crippen LogP) is 5.92. The van der Waals surface area contributed by atoms with Gasteiger partial charge in [-0.25, -0.2) is 22.2 Å². The second-order valence-electron chi connectivity index (χ2n) is 10.6. The van der Waals surface area contributed by atoms with Crippen molar-refractivity contribution in [1.82, 2.24) is 30.1 Å². The smallest absolute Gasteiger partial charge is 0.157 e. The van der Waals surface area contributed by atoms with Crippen molar-refractivity contribution >= 4 is 37.5 Å². The zero-order valence-corrected chi connectivity index (χ0v) is 23.9. The Morgan fingerprint density at radius 1 is 0.976 bits per heavy atom. The van der Waals surface area contributed by atoms with Crippen molar-refractivity contribution < 1.29 is 17.2 Å². The topological polar surface area (TPSA) is 129 Å². The molecule has 214 valence electrons. The first kappa shape index (κ1) is 27.5. The molecule has 2 aromatic carbocycles. The lowest BCUT2D eigenvalue weighted by molar-refractivity contribution is 0.600. The van der Waals surface area contributed by atoms with Gasteiger partial charge in [0.05, 0.1) is 22.7 Å². The van der Waals surface area contributed by atoms with Gasteiger partial charge in [-0.15, -0.1) is 0 Å². The van der Waals surface area contributed by atoms with Gasteiger partial charge in [0.15, 0.2) is 11.6 Å². The summed E-state index contributed by atoms with van der Waals surface area (Å²) in [6.07, 6.45) is 6.29. The van der Waals surface area contributed by atoms with Crippen LogP contribution in [-0.4, -0.2) is 56.6 Å². The first-order chi connectivity index (χ1) is 20.0. The monoisotopic (exact) mass is 587 g/mol. The molecule has 12 heteroatoms. The Morgan fingerprint density at radius 2 is 1.81 bits per heavy atom. The number of anilines is 1. The number of pyridine rings is 2. The predicted molar refractivity (Wildman–Crippen MR) is 160 cm³/mol. The summed E-state index contributed by atoms with van der Waals surface area (Å²) in [6.45, 7) is 4.05. The Bertz CT molecular complexity index is 2070. The quantitative estimate of drug-likeness (QED) is 0.202. The number of rotatable bonds is 8. The maximum Gasteiger partial charge on any atom is 0.157 e. The van der Waals surface area contributed by atoms with Crippen molar-refractivity contribution in [3.63, 3.8) is 0 Å². The molecule has 42 heavy (non-hydrogen) atoms. The minimum Gasteiger partial charge on any atom is -0.382 e. The van der Waals surface area contributed by atoms with Crippen molar-refractivity contribution in [3.8, 4) is 33.9 Å². The highest BCUT2D eigenvalue weighted by Gasteiger charge is 2.19. The summed E-state index contributed by atoms with van der Waals surface area (Å²) in [6, 6.07) is 11.5. The van der Waals surface area contributed by atoms with Crippen LogP contribution in [0.15, 0.2) is 61.1 Å². The molecule has 4 aromatic heterocycles. The van der Waals surface area contributed by atoms with E-state index in [-0.39, 0.29) is 23.7 Å². The first-order valence-corrected chi connectivity index (χ1v) is 15.3. The highest BCUT2D eigenvalue weighted by Crippen LogP contribution is 2.34. The molecule has 6 aromatic rings. The van der Waals surface area contributed by atoms with Crippen LogP contribution in [-0.2, 0) is 16.3 Å². The van der Waals surface area contributed by atoms with E-state index in [1.54, 1.807) is 30.7 Å². The molecule has 0 bridgehead atoms. The number of aromatic amines is 2. The Balaban J connectivity index is 1.43. The molecule has 0 spiro atoms. The van der Waals surface area contributed by atoms with E-state index in [0.717, 1.165) is 17.5 Å². The molecular weight excluding hydrogens is 560 g/mol. The van der Waals surface area contributed by atoms with Crippen LogP contribution in [0.3, 0.4) is 0 Å². The average molecular weight is 588 g/mol. The highest BCUT2D eigenvalue weighted by molar-refractivity contribution is 7.90. The fraction of sp³-hybridized carbons (Fsp3) is 0.200. The molecule has 0 aliphatic carbocycles. The molecule has 4 heterocycles. The maximum atomic E-state index is 15.2. The van der Waals surface area contributed by atoms with Gasteiger partial charge < -0.3 is 10.3 Å². The lowest BCUT2D eigenvalue weighted by Crippen LogP contribution is -2.09. The van der Waals surface area contributed by atoms with Crippen LogP contribution in [0.5, 0.6) is 0 Å². The van der Waals surface area contributed by atoms with E-state index in [9.17, 15) is 12.8 Å². The molecule has 6 rings (SSSR count). The van der Waals surface area contributed by atoms with E-state index in [1.165, 1.54) is 18.2 Å². The molecular formula is C30H27F2N7O2S. The first-order valence-electron chi connectivity index (χ1n) is 13.3. The molecule has 3 N–H and O–H groups in total. The Kier molecular flexibility index (Phi) is 6.93. The van der Waals surface area contributed by atoms with Gasteiger partial charge in [0.1, 0.15) is 32.4 Å². The lowest BCUT2D eigenvalue weighted by atomic mass is 10.0. The Labute approximate surface area is 240 Å². The molecule has 0 amide bonds. The summed E-state index contributed by atoms with van der Waals surface area (Å²) in [5.41, 5.74) is 5.36. The van der Waals surface area contributed by atoms with Gasteiger partial charge in [0.2, 0.25) is 0 Å². The number of halogens is 2. The van der Waals surface area contributed by atoms with Gasteiger partial charge in [-0.1, -0.05) is 0 Å². The molecule has 0 radical (unpaired) electrons. The second kappa shape index (κ2) is 10.6. The van der Waals surface area contributed by atoms with Crippen LogP contribution in [0.25, 0.3) is 55.8 Å². The molecule has 9 nitrogen and oxygen atoms in total. The summed E-state index contributed by atoms with van der Waals surface area (Å²) in [4.78, 5) is 16.8. The number of fused-ring (bicyclic) bond motifs is 2. The molecule has 0 saturated heterocycles. The van der Waals surface area contributed by atoms with Gasteiger partial charge in [0, 0.05) is 47.4 Å². The fourth-order valence-electron chi connectivity index (χ4n) is 4.93. The lowest BCUT2D eigenvalue weighted by Gasteiger charge is -2.11. The van der Waals surface area contributed by atoms with Crippen molar-refractivity contribution in [1.29, 1.82) is 0 Å². The highest BCUT2D eigenvalue weighted by atomic mass is 32.2. The number of hydrogen-bond donors (Lipinski definition) is 3. The summed E-state index contributed by atoms with van der Waals surface area (Å²) >= 11 is 0. The van der Waals surface area contributed by atoms with Crippen molar-refractivity contribution in [3.05, 3.63) is 78.3 Å². The molecule has 0 unspecified atom stereocenters. The number of benzene rings is 2. The summed E-state index contributed by atoms with van der Waals surface area (Å²) in [5, 5.41) is 10.9. The van der Waals surface area contributed by atoms with E-state index >= 15 is 4.39 Å². The number of nitrogens with one attached hydrogen (secondary N) is 3. The van der Waals surface area contributed by atoms with Gasteiger partial charge >= 0.3 is 0 Å². The third-order valence-corrected chi connectivity index (χ3v) is 7.72. The normalized spacial score (nSPS) is 12.0. The number of imidazole rings is 1. The number of aromatic nitrogens is 6. The van der Waals surface area contributed by atoms with Gasteiger partial charge in [0.25, 0.3) is 0 Å². The summed E-state index contributed by atoms with van der Waals surface area (Å²) < 4.78 is 53.1. The number of sulfone groups is 1. The van der Waals surface area contributed by atoms with Gasteiger partial charge in [-0.2, -0.15) is 5.10 Å². The standard InChI is InChI=1S/C30H27F2N7O2S/c1-16(2)35-22-11-20(14-33-15-22)18-12-23-27(24(32)13-18)38-39-28(23)30-36-25-4-6-34-26(29(25)37-30)19-8-17(9-21(31)10-19)5-7-42(3,40)41/h4,6,8-16,35H,5,7H2,1-3H3,(H,36,37)(H,38,39). The number of aryl methyl sites for hydroxylation is 1. The third kappa shape index (κ3) is 5.57. The van der Waals surface area contributed by atoms with Crippen LogP contribution >= 0.6 is 0 Å². The van der Waals surface area contributed by atoms with Crippen LogP contribution in [0.4, 0.5) is 14.5 Å². The minimum absolute atomic E-state index is 0.0971. The number of H-pyrrole nitrogens is 2.